The average Bonchev–Trinajstić information content (AvgIpc) is 3.45. The third kappa shape index (κ3) is 4.43. The van der Waals surface area contributed by atoms with Gasteiger partial charge in [0.2, 0.25) is 8.32 Å². The van der Waals surface area contributed by atoms with Gasteiger partial charge in [-0.15, -0.1) is 0 Å². The van der Waals surface area contributed by atoms with Crippen LogP contribution in [0.5, 0.6) is 0 Å². The van der Waals surface area contributed by atoms with Crippen LogP contribution in [-0.2, 0) is 10.8 Å². The second-order valence-corrected chi connectivity index (χ2v) is 17.0. The molecule has 0 N–H and O–H groups in total. The second-order valence-electron chi connectivity index (χ2n) is 12.6. The number of hydrogen-bond donors (Lipinski definition) is 0. The lowest BCUT2D eigenvalue weighted by Gasteiger charge is -2.18. The average molecular weight is 565 g/mol. The highest BCUT2D eigenvalue weighted by molar-refractivity contribution is 6.71. The largest absolute Gasteiger partial charge is 0.516 e. The van der Waals surface area contributed by atoms with Crippen molar-refractivity contribution >= 4 is 20.1 Å². The van der Waals surface area contributed by atoms with Crippen molar-refractivity contribution in [3.05, 3.63) is 130 Å². The molecule has 0 aromatic heterocycles. The number of aryl methyl sites for hydroxylation is 2. The van der Waals surface area contributed by atoms with Crippen LogP contribution in [0.2, 0.25) is 19.6 Å². The lowest BCUT2D eigenvalue weighted by atomic mass is 9.95. The molecule has 4 heteroatoms. The summed E-state index contributed by atoms with van der Waals surface area (Å²) in [5.74, 6) is -0.241. The van der Waals surface area contributed by atoms with Crippen LogP contribution < -0.4 is 0 Å². The molecule has 0 amide bonds. The van der Waals surface area contributed by atoms with Gasteiger partial charge in [-0.2, -0.15) is 0 Å². The molecule has 0 spiro atoms. The van der Waals surface area contributed by atoms with Gasteiger partial charge in [0.25, 0.3) is 0 Å². The van der Waals surface area contributed by atoms with E-state index in [-0.39, 0.29) is 11.8 Å². The third-order valence-electron chi connectivity index (χ3n) is 8.38. The molecule has 0 unspecified atom stereocenters. The molecule has 0 radical (unpaired) electrons. The van der Waals surface area contributed by atoms with E-state index < -0.39 is 8.32 Å². The predicted octanol–water partition coefficient (Wildman–Crippen LogP) is 9.41. The maximum atomic E-state index is 13.7. The highest BCUT2D eigenvalue weighted by atomic mass is 28.4. The number of fused-ring (bicyclic) bond motifs is 6. The highest BCUT2D eigenvalue weighted by Gasteiger charge is 2.28. The standard InChI is InChI=1S/C38H32O3Si/c1-22-6-12-30-28(16-22)18-29-17-24(9-13-31(29)30)26-10-14-32-33-15-11-27(21-36(33)37(39)35(32)20-26)25-8-7-23(2)34(19-25)38(40)41-42(3,4)5/h6-17,19-21H,18H2,1-5H3. The highest BCUT2D eigenvalue weighted by Crippen LogP contribution is 2.42. The molecule has 206 valence electrons. The van der Waals surface area contributed by atoms with Crippen LogP contribution in [0, 0.1) is 13.8 Å². The maximum Gasteiger partial charge on any atom is 0.325 e. The van der Waals surface area contributed by atoms with Crippen LogP contribution in [-0.4, -0.2) is 20.1 Å². The summed E-state index contributed by atoms with van der Waals surface area (Å²) in [4.78, 5) is 26.6. The molecule has 2 aliphatic carbocycles. The quantitative estimate of drug-likeness (QED) is 0.200. The van der Waals surface area contributed by atoms with E-state index in [4.69, 9.17) is 4.43 Å². The van der Waals surface area contributed by atoms with Gasteiger partial charge in [-0.05, 0) is 119 Å². The summed E-state index contributed by atoms with van der Waals surface area (Å²) in [7, 11) is -2.03. The van der Waals surface area contributed by atoms with Crippen molar-refractivity contribution in [1.82, 2.24) is 0 Å². The van der Waals surface area contributed by atoms with Crippen molar-refractivity contribution in [1.29, 1.82) is 0 Å². The van der Waals surface area contributed by atoms with Gasteiger partial charge < -0.3 is 4.43 Å². The molecule has 0 saturated carbocycles. The van der Waals surface area contributed by atoms with Crippen molar-refractivity contribution in [3.8, 4) is 44.5 Å². The summed E-state index contributed by atoms with van der Waals surface area (Å²) in [5, 5.41) is 0. The molecule has 0 fully saturated rings. The Kier molecular flexibility index (Phi) is 5.96. The van der Waals surface area contributed by atoms with Gasteiger partial charge in [0.1, 0.15) is 0 Å². The molecule has 0 saturated heterocycles. The van der Waals surface area contributed by atoms with Gasteiger partial charge in [0.05, 0.1) is 5.56 Å². The van der Waals surface area contributed by atoms with Crippen LogP contribution in [0.15, 0.2) is 91.0 Å². The van der Waals surface area contributed by atoms with Crippen LogP contribution in [0.1, 0.15) is 48.5 Å². The van der Waals surface area contributed by atoms with Gasteiger partial charge in [0.15, 0.2) is 5.78 Å². The fourth-order valence-corrected chi connectivity index (χ4v) is 6.98. The number of carbonyl (C=O) groups is 2. The van der Waals surface area contributed by atoms with E-state index >= 15 is 0 Å². The fraction of sp³-hybridized carbons (Fsp3) is 0.158. The van der Waals surface area contributed by atoms with E-state index in [0.29, 0.717) is 11.1 Å². The van der Waals surface area contributed by atoms with E-state index in [1.165, 1.54) is 27.8 Å². The Bertz CT molecular complexity index is 1980. The SMILES string of the molecule is Cc1ccc2c(c1)Cc1cc(-c3ccc4c(c3)C(=O)c3cc(-c5ccc(C)c(C(=O)O[Si](C)(C)C)c5)ccc3-4)ccc1-2. The molecule has 42 heavy (non-hydrogen) atoms. The van der Waals surface area contributed by atoms with Crippen molar-refractivity contribution in [3.63, 3.8) is 0 Å². The number of hydrogen-bond acceptors (Lipinski definition) is 3. The van der Waals surface area contributed by atoms with E-state index in [1.54, 1.807) is 0 Å². The lowest BCUT2D eigenvalue weighted by Crippen LogP contribution is -2.29. The predicted molar refractivity (Wildman–Crippen MR) is 173 cm³/mol. The first kappa shape index (κ1) is 26.4. The minimum Gasteiger partial charge on any atom is -0.516 e. The van der Waals surface area contributed by atoms with E-state index in [0.717, 1.165) is 50.9 Å². The topological polar surface area (TPSA) is 43.4 Å². The molecular formula is C38H32O3Si. The first-order chi connectivity index (χ1) is 20.1. The monoisotopic (exact) mass is 564 g/mol. The second kappa shape index (κ2) is 9.50. The zero-order valence-corrected chi connectivity index (χ0v) is 25.6. The van der Waals surface area contributed by atoms with Crippen LogP contribution in [0.3, 0.4) is 0 Å². The number of benzene rings is 5. The summed E-state index contributed by atoms with van der Waals surface area (Å²) in [6.07, 6.45) is 0.939. The Balaban J connectivity index is 1.20. The van der Waals surface area contributed by atoms with Crippen molar-refractivity contribution < 1.29 is 14.0 Å². The Morgan fingerprint density at radius 1 is 0.595 bits per heavy atom. The molecule has 2 aliphatic rings. The summed E-state index contributed by atoms with van der Waals surface area (Å²) in [5.41, 5.74) is 15.4. The zero-order chi connectivity index (χ0) is 29.3. The Morgan fingerprint density at radius 2 is 1.10 bits per heavy atom. The zero-order valence-electron chi connectivity index (χ0n) is 24.6. The maximum absolute atomic E-state index is 13.7. The lowest BCUT2D eigenvalue weighted by molar-refractivity contribution is 0.0723. The number of carbonyl (C=O) groups excluding carboxylic acids is 2. The van der Waals surface area contributed by atoms with Gasteiger partial charge >= 0.3 is 5.97 Å². The molecule has 3 nitrogen and oxygen atoms in total. The first-order valence-corrected chi connectivity index (χ1v) is 17.9. The number of rotatable bonds is 4. The normalized spacial score (nSPS) is 12.9. The Labute approximate surface area is 248 Å². The van der Waals surface area contributed by atoms with E-state index in [1.807, 2.05) is 69.0 Å². The molecule has 0 heterocycles. The summed E-state index contributed by atoms with van der Waals surface area (Å²) in [6, 6.07) is 31.5. The van der Waals surface area contributed by atoms with E-state index in [2.05, 4.69) is 55.5 Å². The minimum atomic E-state index is -2.03. The molecule has 7 rings (SSSR count). The summed E-state index contributed by atoms with van der Waals surface area (Å²) in [6.45, 7) is 10.1. The van der Waals surface area contributed by atoms with Gasteiger partial charge in [-0.3, -0.25) is 4.79 Å². The van der Waals surface area contributed by atoms with Crippen molar-refractivity contribution in [2.75, 3.05) is 0 Å². The molecule has 5 aromatic rings. The summed E-state index contributed by atoms with van der Waals surface area (Å²) >= 11 is 0. The minimum absolute atomic E-state index is 0.0400. The van der Waals surface area contributed by atoms with Gasteiger partial charge in [-0.1, -0.05) is 78.4 Å². The third-order valence-corrected chi connectivity index (χ3v) is 9.18. The Hall–Kier alpha value is -4.54. The van der Waals surface area contributed by atoms with Crippen LogP contribution in [0.4, 0.5) is 0 Å². The molecule has 0 aliphatic heterocycles. The van der Waals surface area contributed by atoms with Gasteiger partial charge in [0, 0.05) is 11.1 Å². The first-order valence-electron chi connectivity index (χ1n) is 14.5. The molecule has 5 aromatic carbocycles. The van der Waals surface area contributed by atoms with Crippen LogP contribution in [0.25, 0.3) is 44.5 Å². The van der Waals surface area contributed by atoms with Crippen molar-refractivity contribution in [2.24, 2.45) is 0 Å². The smallest absolute Gasteiger partial charge is 0.325 e. The van der Waals surface area contributed by atoms with Crippen LogP contribution >= 0.6 is 0 Å². The molecular weight excluding hydrogens is 533 g/mol. The fourth-order valence-electron chi connectivity index (χ4n) is 6.31. The van der Waals surface area contributed by atoms with Gasteiger partial charge in [-0.25, -0.2) is 4.79 Å². The van der Waals surface area contributed by atoms with Crippen molar-refractivity contribution in [2.45, 2.75) is 39.9 Å². The Morgan fingerprint density at radius 3 is 1.71 bits per heavy atom. The number of ketones is 1. The molecule has 0 atom stereocenters. The summed E-state index contributed by atoms with van der Waals surface area (Å²) < 4.78 is 5.77. The van der Waals surface area contributed by atoms with E-state index in [9.17, 15) is 9.59 Å². The molecule has 0 bridgehead atoms.